The van der Waals surface area contributed by atoms with Gasteiger partial charge in [0.15, 0.2) is 0 Å². The maximum Gasteiger partial charge on any atom is 0.287 e. The van der Waals surface area contributed by atoms with E-state index < -0.39 is 23.6 Å². The van der Waals surface area contributed by atoms with Gasteiger partial charge in [0.05, 0.1) is 12.4 Å². The lowest BCUT2D eigenvalue weighted by molar-refractivity contribution is -0.118. The number of hydrazone groups is 2. The monoisotopic (exact) mass is 746 g/mol. The number of anilines is 2. The molecule has 0 spiro atoms. The molecule has 0 bridgehead atoms. The molecule has 0 aliphatic heterocycles. The zero-order valence-corrected chi connectivity index (χ0v) is 31.4. The normalized spacial score (nSPS) is 11.6. The number of rotatable bonds is 14. The van der Waals surface area contributed by atoms with E-state index in [1.165, 1.54) is 12.4 Å². The van der Waals surface area contributed by atoms with Crippen LogP contribution in [0.25, 0.3) is 12.2 Å². The van der Waals surface area contributed by atoms with Gasteiger partial charge in [0.2, 0.25) is 0 Å². The molecule has 5 aromatic carbocycles. The summed E-state index contributed by atoms with van der Waals surface area (Å²) in [6, 6.07) is 39.2. The quantitative estimate of drug-likeness (QED) is 0.0656. The molecule has 0 aliphatic carbocycles. The van der Waals surface area contributed by atoms with Crippen LogP contribution in [0.4, 0.5) is 11.4 Å². The summed E-state index contributed by atoms with van der Waals surface area (Å²) in [6.07, 6.45) is 6.08. The van der Waals surface area contributed by atoms with Gasteiger partial charge >= 0.3 is 0 Å². The SMILES string of the molecule is CN(C)c1ccc(C=C(NC(=O)c2ccccc2)C(=O)NN=Cc2ccc(C=NNC(=O)C(=Cc3ccc(N(C)C)cc3)NC(=O)c3ccccc3)cc2)cc1. The largest absolute Gasteiger partial charge is 0.378 e. The number of hydrogen-bond acceptors (Lipinski definition) is 8. The first-order valence-electron chi connectivity index (χ1n) is 17.5. The summed E-state index contributed by atoms with van der Waals surface area (Å²) in [6.45, 7) is 0. The van der Waals surface area contributed by atoms with Crippen LogP contribution in [0.15, 0.2) is 155 Å². The van der Waals surface area contributed by atoms with Gasteiger partial charge in [-0.05, 0) is 82.9 Å². The summed E-state index contributed by atoms with van der Waals surface area (Å²) in [5.41, 5.74) is 10.5. The summed E-state index contributed by atoms with van der Waals surface area (Å²) in [4.78, 5) is 56.2. The zero-order chi connectivity index (χ0) is 39.9. The minimum Gasteiger partial charge on any atom is -0.378 e. The van der Waals surface area contributed by atoms with Crippen molar-refractivity contribution in [2.24, 2.45) is 10.2 Å². The van der Waals surface area contributed by atoms with Crippen LogP contribution < -0.4 is 31.3 Å². The molecule has 4 amide bonds. The van der Waals surface area contributed by atoms with Crippen molar-refractivity contribution >= 4 is 59.6 Å². The lowest BCUT2D eigenvalue weighted by atomic mass is 10.1. The van der Waals surface area contributed by atoms with Crippen LogP contribution in [0.5, 0.6) is 0 Å². The second-order valence-corrected chi connectivity index (χ2v) is 12.8. The summed E-state index contributed by atoms with van der Waals surface area (Å²) in [7, 11) is 7.73. The zero-order valence-electron chi connectivity index (χ0n) is 31.4. The summed E-state index contributed by atoms with van der Waals surface area (Å²) in [5, 5.41) is 13.6. The van der Waals surface area contributed by atoms with Crippen molar-refractivity contribution in [2.45, 2.75) is 0 Å². The second-order valence-electron chi connectivity index (χ2n) is 12.8. The van der Waals surface area contributed by atoms with Crippen molar-refractivity contribution in [3.63, 3.8) is 0 Å². The van der Waals surface area contributed by atoms with E-state index in [0.29, 0.717) is 33.4 Å². The van der Waals surface area contributed by atoms with Gasteiger partial charge in [-0.15, -0.1) is 0 Å². The minimum atomic E-state index is -0.610. The van der Waals surface area contributed by atoms with Crippen LogP contribution in [0.3, 0.4) is 0 Å². The number of nitrogens with zero attached hydrogens (tertiary/aromatic N) is 4. The molecular formula is C44H42N8O4. The third kappa shape index (κ3) is 11.7. The van der Waals surface area contributed by atoms with E-state index in [1.54, 1.807) is 97.1 Å². The number of amides is 4. The van der Waals surface area contributed by atoms with Crippen LogP contribution >= 0.6 is 0 Å². The average Bonchev–Trinajstić information content (AvgIpc) is 3.21. The van der Waals surface area contributed by atoms with Gasteiger partial charge in [0, 0.05) is 50.7 Å². The Labute approximate surface area is 325 Å². The van der Waals surface area contributed by atoms with E-state index in [2.05, 4.69) is 31.7 Å². The first kappa shape index (κ1) is 39.6. The third-order valence-electron chi connectivity index (χ3n) is 8.19. The number of nitrogens with one attached hydrogen (secondary N) is 4. The molecule has 56 heavy (non-hydrogen) atoms. The van der Waals surface area contributed by atoms with Gasteiger partial charge in [-0.3, -0.25) is 19.2 Å². The highest BCUT2D eigenvalue weighted by Gasteiger charge is 2.16. The van der Waals surface area contributed by atoms with Gasteiger partial charge in [-0.1, -0.05) is 84.9 Å². The molecule has 0 radical (unpaired) electrons. The standard InChI is InChI=1S/C44H42N8O4/c1-51(2)37-23-19-31(20-24-37)27-39(47-41(53)35-11-7-5-8-12-35)43(55)49-45-29-33-15-17-34(18-16-33)30-46-50-44(56)40(48-42(54)36-13-9-6-10-14-36)28-32-21-25-38(26-22-32)52(3)4/h5-30H,1-4H3,(H,47,53)(H,48,54)(H,49,55)(H,50,56). The Bertz CT molecular complexity index is 2080. The molecule has 5 aromatic rings. The summed E-state index contributed by atoms with van der Waals surface area (Å²) < 4.78 is 0. The molecule has 4 N–H and O–H groups in total. The fraction of sp³-hybridized carbons (Fsp3) is 0.0909. The lowest BCUT2D eigenvalue weighted by Gasteiger charge is -2.12. The number of benzene rings is 5. The molecule has 12 heteroatoms. The van der Waals surface area contributed by atoms with E-state index in [9.17, 15) is 19.2 Å². The van der Waals surface area contributed by atoms with E-state index in [1.807, 2.05) is 86.5 Å². The van der Waals surface area contributed by atoms with E-state index in [4.69, 9.17) is 0 Å². The summed E-state index contributed by atoms with van der Waals surface area (Å²) in [5.74, 6) is -2.09. The topological polar surface area (TPSA) is 148 Å². The van der Waals surface area contributed by atoms with Crippen LogP contribution in [0.2, 0.25) is 0 Å². The number of hydrogen-bond donors (Lipinski definition) is 4. The predicted octanol–water partition coefficient (Wildman–Crippen LogP) is 5.66. The van der Waals surface area contributed by atoms with Crippen molar-refractivity contribution in [2.75, 3.05) is 38.0 Å². The van der Waals surface area contributed by atoms with Crippen LogP contribution in [-0.2, 0) is 9.59 Å². The Hall–Kier alpha value is -7.60. The van der Waals surface area contributed by atoms with E-state index in [0.717, 1.165) is 11.4 Å². The van der Waals surface area contributed by atoms with Crippen LogP contribution in [0, 0.1) is 0 Å². The lowest BCUT2D eigenvalue weighted by Crippen LogP contribution is -2.32. The van der Waals surface area contributed by atoms with Gasteiger partial charge in [-0.25, -0.2) is 10.9 Å². The van der Waals surface area contributed by atoms with E-state index >= 15 is 0 Å². The molecule has 0 saturated carbocycles. The molecule has 5 rings (SSSR count). The molecule has 0 unspecified atom stereocenters. The highest BCUT2D eigenvalue weighted by Crippen LogP contribution is 2.16. The fourth-order valence-electron chi connectivity index (χ4n) is 5.07. The first-order chi connectivity index (χ1) is 27.0. The Morgan fingerprint density at radius 3 is 1.09 bits per heavy atom. The molecule has 0 aromatic heterocycles. The van der Waals surface area contributed by atoms with Crippen LogP contribution in [0.1, 0.15) is 43.0 Å². The number of carbonyl (C=O) groups excluding carboxylic acids is 4. The maximum atomic E-state index is 13.2. The predicted molar refractivity (Wildman–Crippen MR) is 223 cm³/mol. The maximum absolute atomic E-state index is 13.2. The van der Waals surface area contributed by atoms with Crippen molar-refractivity contribution in [3.05, 3.63) is 178 Å². The Morgan fingerprint density at radius 2 is 0.768 bits per heavy atom. The minimum absolute atomic E-state index is 0.0158. The average molecular weight is 747 g/mol. The Morgan fingerprint density at radius 1 is 0.446 bits per heavy atom. The Kier molecular flexibility index (Phi) is 13.8. The van der Waals surface area contributed by atoms with E-state index in [-0.39, 0.29) is 11.4 Å². The molecule has 12 nitrogen and oxygen atoms in total. The summed E-state index contributed by atoms with van der Waals surface area (Å²) >= 11 is 0. The second kappa shape index (κ2) is 19.5. The van der Waals surface area contributed by atoms with Gasteiger partial charge in [0.1, 0.15) is 11.4 Å². The molecule has 0 heterocycles. The number of carbonyl (C=O) groups is 4. The van der Waals surface area contributed by atoms with Crippen molar-refractivity contribution in [1.29, 1.82) is 0 Å². The highest BCUT2D eigenvalue weighted by atomic mass is 16.2. The van der Waals surface area contributed by atoms with Gasteiger partial charge < -0.3 is 20.4 Å². The molecule has 0 saturated heterocycles. The third-order valence-corrected chi connectivity index (χ3v) is 8.19. The van der Waals surface area contributed by atoms with Gasteiger partial charge in [0.25, 0.3) is 23.6 Å². The Balaban J connectivity index is 1.23. The molecule has 0 fully saturated rings. The molecule has 0 atom stereocenters. The molecule has 282 valence electrons. The van der Waals surface area contributed by atoms with Crippen molar-refractivity contribution in [1.82, 2.24) is 21.5 Å². The fourth-order valence-corrected chi connectivity index (χ4v) is 5.07. The van der Waals surface area contributed by atoms with Crippen molar-refractivity contribution < 1.29 is 19.2 Å². The molecule has 0 aliphatic rings. The highest BCUT2D eigenvalue weighted by molar-refractivity contribution is 6.06. The first-order valence-corrected chi connectivity index (χ1v) is 17.5. The van der Waals surface area contributed by atoms with Gasteiger partial charge in [-0.2, -0.15) is 10.2 Å². The smallest absolute Gasteiger partial charge is 0.287 e. The van der Waals surface area contributed by atoms with Crippen molar-refractivity contribution in [3.8, 4) is 0 Å². The molecular weight excluding hydrogens is 705 g/mol. The van der Waals surface area contributed by atoms with Crippen LogP contribution in [-0.4, -0.2) is 64.2 Å².